The van der Waals surface area contributed by atoms with Crippen LogP contribution in [0.1, 0.15) is 61.1 Å². The van der Waals surface area contributed by atoms with E-state index in [1.165, 1.54) is 131 Å². The van der Waals surface area contributed by atoms with Gasteiger partial charge in [-0.2, -0.15) is 0 Å². The lowest BCUT2D eigenvalue weighted by Gasteiger charge is -2.23. The number of para-hydroxylation sites is 1. The molecule has 3 nitrogen and oxygen atoms in total. The first kappa shape index (κ1) is 40.6. The van der Waals surface area contributed by atoms with Crippen LogP contribution in [0.15, 0.2) is 200 Å². The molecule has 0 saturated heterocycles. The number of fused-ring (bicyclic) bond motifs is 21. The lowest BCUT2D eigenvalue weighted by atomic mass is 9.80. The van der Waals surface area contributed by atoms with Gasteiger partial charge in [0.1, 0.15) is 0 Å². The Bertz CT molecular complexity index is 4310. The Labute approximate surface area is 406 Å². The zero-order chi connectivity index (χ0) is 47.2. The molecule has 3 aliphatic rings. The zero-order valence-electron chi connectivity index (χ0n) is 39.5. The minimum absolute atomic E-state index is 0.0296. The lowest BCUT2D eigenvalue weighted by Crippen LogP contribution is -2.15. The van der Waals surface area contributed by atoms with Crippen molar-refractivity contribution in [3.63, 3.8) is 0 Å². The maximum atomic E-state index is 11.7. The number of rotatable bonds is 2. The summed E-state index contributed by atoms with van der Waals surface area (Å²) in [5.41, 5.74) is 17.9. The van der Waals surface area contributed by atoms with Gasteiger partial charge in [0.05, 0.1) is 10.5 Å². The predicted octanol–water partition coefficient (Wildman–Crippen LogP) is 18.1. The molecule has 0 amide bonds. The molecule has 3 aliphatic carbocycles. The first-order valence-electron chi connectivity index (χ1n) is 24.5. The third-order valence-electron chi connectivity index (χ3n) is 16.4. The van der Waals surface area contributed by atoms with Crippen LogP contribution in [0.5, 0.6) is 0 Å². The Morgan fingerprint density at radius 3 is 1.23 bits per heavy atom. The summed E-state index contributed by atoms with van der Waals surface area (Å²) in [6, 6.07) is 72.0. The van der Waals surface area contributed by atoms with Crippen molar-refractivity contribution in [3.8, 4) is 44.5 Å². The molecule has 0 spiro atoms. The molecule has 3 heteroatoms. The molecule has 0 saturated carbocycles. The van der Waals surface area contributed by atoms with E-state index in [2.05, 4.69) is 198 Å². The molecule has 12 aromatic carbocycles. The molecule has 332 valence electrons. The molecule has 0 N–H and O–H groups in total. The van der Waals surface area contributed by atoms with Crippen molar-refractivity contribution in [3.05, 3.63) is 244 Å². The van der Waals surface area contributed by atoms with Crippen molar-refractivity contribution < 1.29 is 4.92 Å². The van der Waals surface area contributed by atoms with Gasteiger partial charge in [0.2, 0.25) is 0 Å². The van der Waals surface area contributed by atoms with Crippen molar-refractivity contribution in [2.75, 3.05) is 0 Å². The van der Waals surface area contributed by atoms with Crippen molar-refractivity contribution in [2.24, 2.45) is 0 Å². The Balaban J connectivity index is 0.000000131. The molecular formula is C67H47NO2. The van der Waals surface area contributed by atoms with Gasteiger partial charge in [-0.3, -0.25) is 10.1 Å². The SMILES string of the molecule is CC1(C)c2cc(-c3ccccc3[N+](=O)[O-])ccc2-c2cc3c4ccccc4c4ccccc4c3cc21.CC1(C)c2cc3c(cc2-c2cc4c5ccccc5c5ccccc5c4cc21)Cc1ccccc1-3. The third kappa shape index (κ3) is 5.63. The number of nitro benzene ring substituents is 1. The average molecular weight is 898 g/mol. The van der Waals surface area contributed by atoms with Crippen LogP contribution < -0.4 is 0 Å². The van der Waals surface area contributed by atoms with Gasteiger partial charge >= 0.3 is 0 Å². The van der Waals surface area contributed by atoms with Crippen molar-refractivity contribution in [1.82, 2.24) is 0 Å². The van der Waals surface area contributed by atoms with E-state index < -0.39 is 0 Å². The Hall–Kier alpha value is -8.40. The van der Waals surface area contributed by atoms with Crippen LogP contribution >= 0.6 is 0 Å². The molecular weight excluding hydrogens is 851 g/mol. The molecule has 0 bridgehead atoms. The van der Waals surface area contributed by atoms with Crippen molar-refractivity contribution in [2.45, 2.75) is 44.9 Å². The predicted molar refractivity (Wildman–Crippen MR) is 293 cm³/mol. The monoisotopic (exact) mass is 897 g/mol. The molecule has 0 radical (unpaired) electrons. The van der Waals surface area contributed by atoms with E-state index >= 15 is 0 Å². The Kier molecular flexibility index (Phi) is 8.45. The van der Waals surface area contributed by atoms with Crippen LogP contribution in [0, 0.1) is 10.1 Å². The number of nitrogens with zero attached hydrogens (tertiary/aromatic N) is 1. The summed E-state index contributed by atoms with van der Waals surface area (Å²) in [5, 5.41) is 27.4. The number of nitro groups is 1. The van der Waals surface area contributed by atoms with Gasteiger partial charge in [0, 0.05) is 16.9 Å². The highest BCUT2D eigenvalue weighted by Crippen LogP contribution is 2.55. The molecule has 0 unspecified atom stereocenters. The summed E-state index contributed by atoms with van der Waals surface area (Å²) in [7, 11) is 0. The minimum Gasteiger partial charge on any atom is -0.258 e. The normalized spacial score (nSPS) is 14.3. The molecule has 70 heavy (non-hydrogen) atoms. The second kappa shape index (κ2) is 14.6. The standard InChI is InChI=1S/C34H24.C33H23NO2/c1-34(2)32-18-27-21(15-20-9-3-4-10-22(20)27)16-30(32)31-17-28-25-13-7-5-11-23(25)24-12-6-8-14-26(24)29(28)19-33(31)34;1-33(2)30-17-20(21-9-7-8-14-32(21)34(35)36)15-16-26(30)29-18-27-24-12-5-3-10-22(24)23-11-4-6-13-25(23)28(27)19-31(29)33/h3-14,16-19H,15H2,1-2H3;3-19H,1-2H3. The van der Waals surface area contributed by atoms with E-state index in [1.807, 2.05) is 18.2 Å². The van der Waals surface area contributed by atoms with Gasteiger partial charge in [-0.1, -0.05) is 173 Å². The fourth-order valence-corrected chi connectivity index (χ4v) is 12.9. The fourth-order valence-electron chi connectivity index (χ4n) is 12.9. The molecule has 12 aromatic rings. The molecule has 0 aromatic heterocycles. The molecule has 0 heterocycles. The Morgan fingerprint density at radius 2 is 0.714 bits per heavy atom. The Morgan fingerprint density at radius 1 is 0.329 bits per heavy atom. The molecule has 0 atom stereocenters. The summed E-state index contributed by atoms with van der Waals surface area (Å²) in [5.74, 6) is 0. The largest absolute Gasteiger partial charge is 0.277 e. The summed E-state index contributed by atoms with van der Waals surface area (Å²) >= 11 is 0. The van der Waals surface area contributed by atoms with Crippen LogP contribution in [0.3, 0.4) is 0 Å². The fraction of sp³-hybridized carbons (Fsp3) is 0.104. The lowest BCUT2D eigenvalue weighted by molar-refractivity contribution is -0.384. The van der Waals surface area contributed by atoms with Crippen LogP contribution in [-0.2, 0) is 17.3 Å². The highest BCUT2D eigenvalue weighted by Gasteiger charge is 2.39. The van der Waals surface area contributed by atoms with Gasteiger partial charge in [-0.15, -0.1) is 0 Å². The molecule has 15 rings (SSSR count). The van der Waals surface area contributed by atoms with Crippen LogP contribution in [0.25, 0.3) is 109 Å². The third-order valence-corrected chi connectivity index (χ3v) is 16.4. The smallest absolute Gasteiger partial charge is 0.258 e. The molecule has 0 fully saturated rings. The van der Waals surface area contributed by atoms with Crippen molar-refractivity contribution >= 4 is 70.3 Å². The van der Waals surface area contributed by atoms with E-state index in [1.54, 1.807) is 12.1 Å². The van der Waals surface area contributed by atoms with Crippen molar-refractivity contribution in [1.29, 1.82) is 0 Å². The van der Waals surface area contributed by atoms with E-state index in [-0.39, 0.29) is 21.4 Å². The van der Waals surface area contributed by atoms with Crippen LogP contribution in [0.2, 0.25) is 0 Å². The highest BCUT2D eigenvalue weighted by atomic mass is 16.6. The first-order chi connectivity index (χ1) is 34.1. The maximum absolute atomic E-state index is 11.7. The van der Waals surface area contributed by atoms with Gasteiger partial charge in [0.25, 0.3) is 5.69 Å². The van der Waals surface area contributed by atoms with E-state index in [9.17, 15) is 10.1 Å². The maximum Gasteiger partial charge on any atom is 0.277 e. The van der Waals surface area contributed by atoms with Crippen LogP contribution in [-0.4, -0.2) is 4.92 Å². The summed E-state index contributed by atoms with van der Waals surface area (Å²) in [6.07, 6.45) is 1.04. The first-order valence-corrected chi connectivity index (χ1v) is 24.5. The van der Waals surface area contributed by atoms with Crippen LogP contribution in [0.4, 0.5) is 5.69 Å². The van der Waals surface area contributed by atoms with E-state index in [0.29, 0.717) is 5.56 Å². The average Bonchev–Trinajstić information content (AvgIpc) is 3.95. The zero-order valence-corrected chi connectivity index (χ0v) is 39.5. The number of hydrogen-bond donors (Lipinski definition) is 0. The second-order valence-electron chi connectivity index (χ2n) is 20.7. The summed E-state index contributed by atoms with van der Waals surface area (Å²) in [6.45, 7) is 9.33. The summed E-state index contributed by atoms with van der Waals surface area (Å²) in [4.78, 5) is 11.4. The van der Waals surface area contributed by atoms with Gasteiger partial charge in [-0.25, -0.2) is 0 Å². The minimum atomic E-state index is -0.300. The number of benzene rings is 12. The number of hydrogen-bond acceptors (Lipinski definition) is 2. The molecule has 0 aliphatic heterocycles. The van der Waals surface area contributed by atoms with E-state index in [0.717, 1.165) is 12.0 Å². The van der Waals surface area contributed by atoms with Gasteiger partial charge < -0.3 is 0 Å². The van der Waals surface area contributed by atoms with Gasteiger partial charge in [-0.05, 0) is 192 Å². The topological polar surface area (TPSA) is 43.1 Å². The second-order valence-corrected chi connectivity index (χ2v) is 20.7. The summed E-state index contributed by atoms with van der Waals surface area (Å²) < 4.78 is 0. The van der Waals surface area contributed by atoms with Gasteiger partial charge in [0.15, 0.2) is 0 Å². The quantitative estimate of drug-likeness (QED) is 0.0986. The van der Waals surface area contributed by atoms with E-state index in [4.69, 9.17) is 0 Å². The highest BCUT2D eigenvalue weighted by molar-refractivity contribution is 6.27.